The zero-order valence-electron chi connectivity index (χ0n) is 12.0. The molecule has 5 N–H and O–H groups in total. The van der Waals surface area contributed by atoms with Gasteiger partial charge in [0.2, 0.25) is 0 Å². The third-order valence-corrected chi connectivity index (χ3v) is 3.41. The van der Waals surface area contributed by atoms with Crippen LogP contribution in [0.25, 0.3) is 0 Å². The van der Waals surface area contributed by atoms with Gasteiger partial charge in [-0.3, -0.25) is 0 Å². The quantitative estimate of drug-likeness (QED) is 0.486. The van der Waals surface area contributed by atoms with Gasteiger partial charge in [-0.1, -0.05) is 20.8 Å². The standard InChI is InChI=1S/C13H23N5O/c1-7-10(15-8-5-9(19)6-8)16-12(13(2,3)4)17-11(7)18-14/h8-9,19H,5-6,14H2,1-4H3,(H2,15,16,17,18). The molecule has 1 heterocycles. The van der Waals surface area contributed by atoms with Gasteiger partial charge in [0.25, 0.3) is 0 Å². The number of hydrazine groups is 1. The number of aromatic nitrogens is 2. The van der Waals surface area contributed by atoms with Gasteiger partial charge in [-0.25, -0.2) is 15.8 Å². The first-order valence-corrected chi connectivity index (χ1v) is 6.61. The average Bonchev–Trinajstić information content (AvgIpc) is 2.28. The summed E-state index contributed by atoms with van der Waals surface area (Å²) in [5.41, 5.74) is 3.38. The van der Waals surface area contributed by atoms with Crippen LogP contribution < -0.4 is 16.6 Å². The van der Waals surface area contributed by atoms with Crippen LogP contribution in [0.4, 0.5) is 11.6 Å². The molecule has 1 aliphatic rings. The summed E-state index contributed by atoms with van der Waals surface area (Å²) in [6.45, 7) is 8.12. The number of nitrogen functional groups attached to an aromatic ring is 1. The van der Waals surface area contributed by atoms with Crippen molar-refractivity contribution >= 4 is 11.6 Å². The van der Waals surface area contributed by atoms with E-state index in [0.29, 0.717) is 5.82 Å². The number of hydrogen-bond acceptors (Lipinski definition) is 6. The van der Waals surface area contributed by atoms with E-state index in [1.165, 1.54) is 0 Å². The number of nitrogens with one attached hydrogen (secondary N) is 2. The SMILES string of the molecule is Cc1c(NN)nc(C(C)(C)C)nc1NC1CC(O)C1. The number of hydrogen-bond donors (Lipinski definition) is 4. The molecular weight excluding hydrogens is 242 g/mol. The number of anilines is 2. The van der Waals surface area contributed by atoms with E-state index in [4.69, 9.17) is 5.84 Å². The van der Waals surface area contributed by atoms with E-state index in [9.17, 15) is 5.11 Å². The molecule has 0 spiro atoms. The predicted octanol–water partition coefficient (Wildman–Crippen LogP) is 1.30. The minimum Gasteiger partial charge on any atom is -0.393 e. The molecule has 0 radical (unpaired) electrons. The summed E-state index contributed by atoms with van der Waals surface area (Å²) >= 11 is 0. The Hall–Kier alpha value is -1.40. The lowest BCUT2D eigenvalue weighted by atomic mass is 9.89. The number of nitrogens with zero attached hydrogens (tertiary/aromatic N) is 2. The number of nitrogens with two attached hydrogens (primary N) is 1. The first-order valence-electron chi connectivity index (χ1n) is 6.61. The van der Waals surface area contributed by atoms with Gasteiger partial charge < -0.3 is 15.8 Å². The molecule has 1 aromatic heterocycles. The van der Waals surface area contributed by atoms with E-state index in [-0.39, 0.29) is 17.6 Å². The Balaban J connectivity index is 2.30. The van der Waals surface area contributed by atoms with Crippen molar-refractivity contribution in [2.24, 2.45) is 5.84 Å². The molecule has 1 fully saturated rings. The molecule has 1 saturated carbocycles. The second-order valence-electron chi connectivity index (χ2n) is 6.23. The highest BCUT2D eigenvalue weighted by atomic mass is 16.3. The van der Waals surface area contributed by atoms with E-state index in [1.807, 2.05) is 6.92 Å². The van der Waals surface area contributed by atoms with Crippen molar-refractivity contribution < 1.29 is 5.11 Å². The fourth-order valence-corrected chi connectivity index (χ4v) is 2.03. The van der Waals surface area contributed by atoms with E-state index in [2.05, 4.69) is 41.5 Å². The maximum absolute atomic E-state index is 9.35. The molecule has 0 unspecified atom stereocenters. The number of aliphatic hydroxyl groups is 1. The first-order chi connectivity index (χ1) is 8.81. The van der Waals surface area contributed by atoms with Gasteiger partial charge in [-0.05, 0) is 19.8 Å². The normalized spacial score (nSPS) is 22.8. The number of aliphatic hydroxyl groups excluding tert-OH is 1. The van der Waals surface area contributed by atoms with Crippen molar-refractivity contribution in [1.82, 2.24) is 9.97 Å². The summed E-state index contributed by atoms with van der Waals surface area (Å²) in [5.74, 6) is 7.70. The van der Waals surface area contributed by atoms with Crippen LogP contribution in [0.3, 0.4) is 0 Å². The van der Waals surface area contributed by atoms with Crippen molar-refractivity contribution in [2.45, 2.75) is 58.1 Å². The predicted molar refractivity (Wildman–Crippen MR) is 75.9 cm³/mol. The molecule has 19 heavy (non-hydrogen) atoms. The van der Waals surface area contributed by atoms with Crippen molar-refractivity contribution in [3.05, 3.63) is 11.4 Å². The van der Waals surface area contributed by atoms with E-state index >= 15 is 0 Å². The molecule has 6 heteroatoms. The van der Waals surface area contributed by atoms with Crippen molar-refractivity contribution in [2.75, 3.05) is 10.7 Å². The Kier molecular flexibility index (Phi) is 3.64. The lowest BCUT2D eigenvalue weighted by Crippen LogP contribution is -2.39. The highest BCUT2D eigenvalue weighted by molar-refractivity contribution is 5.57. The second kappa shape index (κ2) is 4.94. The zero-order chi connectivity index (χ0) is 14.2. The van der Waals surface area contributed by atoms with Gasteiger partial charge in [0, 0.05) is 17.0 Å². The van der Waals surface area contributed by atoms with Crippen LogP contribution in [0, 0.1) is 6.92 Å². The van der Waals surface area contributed by atoms with Crippen LogP contribution in [-0.4, -0.2) is 27.2 Å². The number of rotatable bonds is 3. The molecule has 6 nitrogen and oxygen atoms in total. The molecule has 106 valence electrons. The molecule has 0 atom stereocenters. The van der Waals surface area contributed by atoms with Gasteiger partial charge in [0.15, 0.2) is 0 Å². The third kappa shape index (κ3) is 2.96. The molecule has 0 aliphatic heterocycles. The third-order valence-electron chi connectivity index (χ3n) is 3.41. The van der Waals surface area contributed by atoms with Gasteiger partial charge in [0.1, 0.15) is 17.5 Å². The highest BCUT2D eigenvalue weighted by Gasteiger charge is 2.29. The maximum atomic E-state index is 9.35. The van der Waals surface area contributed by atoms with E-state index in [1.54, 1.807) is 0 Å². The molecular formula is C13H23N5O. The van der Waals surface area contributed by atoms with Crippen molar-refractivity contribution in [3.63, 3.8) is 0 Å². The van der Waals surface area contributed by atoms with Crippen LogP contribution in [0.1, 0.15) is 45.0 Å². The summed E-state index contributed by atoms with van der Waals surface area (Å²) in [4.78, 5) is 9.05. The van der Waals surface area contributed by atoms with Crippen LogP contribution in [0.5, 0.6) is 0 Å². The monoisotopic (exact) mass is 265 g/mol. The summed E-state index contributed by atoms with van der Waals surface area (Å²) < 4.78 is 0. The van der Waals surface area contributed by atoms with Crippen molar-refractivity contribution in [1.29, 1.82) is 0 Å². The van der Waals surface area contributed by atoms with Gasteiger partial charge in [0.05, 0.1) is 6.10 Å². The minimum atomic E-state index is -0.186. The van der Waals surface area contributed by atoms with Crippen LogP contribution in [0.15, 0.2) is 0 Å². The maximum Gasteiger partial charge on any atom is 0.148 e. The molecule has 2 rings (SSSR count). The molecule has 0 saturated heterocycles. The smallest absolute Gasteiger partial charge is 0.148 e. The van der Waals surface area contributed by atoms with Crippen molar-refractivity contribution in [3.8, 4) is 0 Å². The van der Waals surface area contributed by atoms with Crippen LogP contribution in [0.2, 0.25) is 0 Å². The molecule has 0 aromatic carbocycles. The Labute approximate surface area is 113 Å². The summed E-state index contributed by atoms with van der Waals surface area (Å²) in [6.07, 6.45) is 1.34. The molecule has 1 aromatic rings. The highest BCUT2D eigenvalue weighted by Crippen LogP contribution is 2.29. The van der Waals surface area contributed by atoms with Crippen LogP contribution in [-0.2, 0) is 5.41 Å². The Morgan fingerprint density at radius 2 is 1.79 bits per heavy atom. The fraction of sp³-hybridized carbons (Fsp3) is 0.692. The molecule has 1 aliphatic carbocycles. The summed E-state index contributed by atoms with van der Waals surface area (Å²) in [6, 6.07) is 0.280. The van der Waals surface area contributed by atoms with Gasteiger partial charge in [-0.2, -0.15) is 0 Å². The minimum absolute atomic E-state index is 0.144. The fourth-order valence-electron chi connectivity index (χ4n) is 2.03. The molecule has 0 amide bonds. The summed E-state index contributed by atoms with van der Waals surface area (Å²) in [5, 5.41) is 12.7. The van der Waals surface area contributed by atoms with Crippen LogP contribution >= 0.6 is 0 Å². The Morgan fingerprint density at radius 1 is 1.21 bits per heavy atom. The lowest BCUT2D eigenvalue weighted by molar-refractivity contribution is 0.0835. The topological polar surface area (TPSA) is 96.1 Å². The van der Waals surface area contributed by atoms with E-state index in [0.717, 1.165) is 30.0 Å². The van der Waals surface area contributed by atoms with E-state index < -0.39 is 0 Å². The second-order valence-corrected chi connectivity index (χ2v) is 6.23. The average molecular weight is 265 g/mol. The first kappa shape index (κ1) is 14.0. The largest absolute Gasteiger partial charge is 0.393 e. The van der Waals surface area contributed by atoms with Gasteiger partial charge >= 0.3 is 0 Å². The molecule has 0 bridgehead atoms. The Morgan fingerprint density at radius 3 is 2.26 bits per heavy atom. The Bertz CT molecular complexity index is 463. The summed E-state index contributed by atoms with van der Waals surface area (Å²) in [7, 11) is 0. The zero-order valence-corrected chi connectivity index (χ0v) is 12.0. The lowest BCUT2D eigenvalue weighted by Gasteiger charge is -2.33. The van der Waals surface area contributed by atoms with Gasteiger partial charge in [-0.15, -0.1) is 0 Å².